The Hall–Kier alpha value is -1.46. The van der Waals surface area contributed by atoms with Crippen LogP contribution >= 0.6 is 0 Å². The van der Waals surface area contributed by atoms with Crippen LogP contribution in [0, 0.1) is 0 Å². The fourth-order valence-electron chi connectivity index (χ4n) is 0.406. The zero-order valence-electron chi connectivity index (χ0n) is 4.70. The van der Waals surface area contributed by atoms with Gasteiger partial charge in [-0.15, -0.1) is 0 Å². The molecule has 0 aliphatic heterocycles. The summed E-state index contributed by atoms with van der Waals surface area (Å²) >= 11 is 0. The van der Waals surface area contributed by atoms with Crippen LogP contribution in [0.1, 0.15) is 0 Å². The minimum atomic E-state index is -1.05. The summed E-state index contributed by atoms with van der Waals surface area (Å²) in [6, 6.07) is 0.918. The third-order valence-electron chi connectivity index (χ3n) is 0.805. The predicted molar refractivity (Wildman–Crippen MR) is 30.3 cm³/mol. The number of halogens is 2. The molecule has 0 fully saturated rings. The number of H-pyrrole nitrogens is 1. The van der Waals surface area contributed by atoms with Gasteiger partial charge in [0.05, 0.1) is 0 Å². The van der Waals surface area contributed by atoms with Crippen molar-refractivity contribution in [2.24, 2.45) is 0 Å². The average Bonchev–Trinajstić information content (AvgIpc) is 1.83. The van der Waals surface area contributed by atoms with Crippen LogP contribution in [-0.4, -0.2) is 9.77 Å². The molecule has 0 amide bonds. The molecule has 0 aliphatic rings. The van der Waals surface area contributed by atoms with Gasteiger partial charge in [-0.25, -0.2) is 4.79 Å². The van der Waals surface area contributed by atoms with Gasteiger partial charge in [0.15, 0.2) is 0 Å². The smallest absolute Gasteiger partial charge is 0.312 e. The Morgan fingerprint density at radius 3 is 2.50 bits per heavy atom. The molecule has 0 aliphatic carbocycles. The number of nitrogens with zero attached hydrogens (tertiary/aromatic N) is 1. The number of nitrogens with one attached hydrogen (secondary N) is 1. The minimum Gasteiger partial charge on any atom is -0.312 e. The molecule has 0 bridgehead atoms. The van der Waals surface area contributed by atoms with E-state index >= 15 is 0 Å². The molecule has 0 aromatic carbocycles. The van der Waals surface area contributed by atoms with E-state index in [1.807, 2.05) is 4.98 Å². The van der Waals surface area contributed by atoms with E-state index in [2.05, 4.69) is 0 Å². The van der Waals surface area contributed by atoms with Gasteiger partial charge in [-0.05, 0) is 0 Å². The zero-order valence-corrected chi connectivity index (χ0v) is 4.70. The molecule has 1 aromatic heterocycles. The van der Waals surface area contributed by atoms with E-state index in [1.54, 1.807) is 0 Å². The Balaban J connectivity index is 0.000000810. The van der Waals surface area contributed by atoms with E-state index in [1.165, 1.54) is 0 Å². The Bertz CT molecular complexity index is 287. The molecule has 0 spiro atoms. The molecule has 6 heteroatoms. The maximum atomic E-state index is 12.0. The van der Waals surface area contributed by atoms with E-state index in [-0.39, 0.29) is 4.70 Å². The van der Waals surface area contributed by atoms with Crippen LogP contribution in [0.2, 0.25) is 0 Å². The molecule has 0 unspecified atom stereocenters. The summed E-state index contributed by atoms with van der Waals surface area (Å²) in [5.74, 6) is 0. The largest absolute Gasteiger partial charge is 0.357 e. The third kappa shape index (κ3) is 1.28. The molecule has 1 aromatic rings. The molecule has 0 saturated heterocycles. The second kappa shape index (κ2) is 2.90. The average molecular weight is 150 g/mol. The lowest BCUT2D eigenvalue weighted by Gasteiger charge is -1.83. The highest BCUT2D eigenvalue weighted by atomic mass is 19.2. The van der Waals surface area contributed by atoms with Gasteiger partial charge in [0.1, 0.15) is 0 Å². The highest BCUT2D eigenvalue weighted by Crippen LogP contribution is 1.62. The number of aromatic nitrogens is 2. The van der Waals surface area contributed by atoms with E-state index in [0.717, 1.165) is 12.3 Å². The molecule has 1 heterocycles. The molecule has 10 heavy (non-hydrogen) atoms. The summed E-state index contributed by atoms with van der Waals surface area (Å²) in [5, 5.41) is 0. The molecule has 0 saturated carbocycles. The first-order chi connectivity index (χ1) is 4.22. The number of hydrogen-bond donors (Lipinski definition) is 1. The molecule has 0 atom stereocenters. The van der Waals surface area contributed by atoms with E-state index in [4.69, 9.17) is 0 Å². The van der Waals surface area contributed by atoms with Crippen molar-refractivity contribution >= 4 is 0 Å². The first kappa shape index (κ1) is 8.54. The Labute approximate surface area is 53.2 Å². The van der Waals surface area contributed by atoms with Crippen molar-refractivity contribution < 1.29 is 9.19 Å². The summed E-state index contributed by atoms with van der Waals surface area (Å²) in [6.45, 7) is 0. The van der Waals surface area contributed by atoms with Crippen LogP contribution in [0.25, 0.3) is 0 Å². The number of rotatable bonds is 0. The van der Waals surface area contributed by atoms with Gasteiger partial charge in [-0.3, -0.25) is 9.50 Å². The van der Waals surface area contributed by atoms with Gasteiger partial charge in [0.25, 0.3) is 5.56 Å². The zero-order chi connectivity index (χ0) is 6.85. The lowest BCUT2D eigenvalue weighted by molar-refractivity contribution is 0.330. The van der Waals surface area contributed by atoms with Gasteiger partial charge in [0, 0.05) is 12.3 Å². The third-order valence-corrected chi connectivity index (χ3v) is 0.805. The monoisotopic (exact) mass is 150 g/mol. The van der Waals surface area contributed by atoms with E-state index in [9.17, 15) is 14.1 Å². The lowest BCUT2D eigenvalue weighted by atomic mass is 10.7. The molecular formula is C4H4F2N2O2. The first-order valence-electron chi connectivity index (χ1n) is 2.19. The predicted octanol–water partition coefficient (Wildman–Crippen LogP) is -0.578. The lowest BCUT2D eigenvalue weighted by Crippen LogP contribution is -2.28. The molecular weight excluding hydrogens is 146 g/mol. The molecule has 1 N–H and O–H groups in total. The Morgan fingerprint density at radius 1 is 1.50 bits per heavy atom. The summed E-state index contributed by atoms with van der Waals surface area (Å²) < 4.78 is 12.0. The van der Waals surface area contributed by atoms with Crippen molar-refractivity contribution in [3.8, 4) is 0 Å². The van der Waals surface area contributed by atoms with Crippen LogP contribution in [-0.2, 0) is 0 Å². The van der Waals surface area contributed by atoms with Crippen LogP contribution < -0.4 is 11.2 Å². The van der Waals surface area contributed by atoms with Crippen molar-refractivity contribution in [2.45, 2.75) is 0 Å². The maximum Gasteiger partial charge on any atom is 0.357 e. The van der Waals surface area contributed by atoms with Gasteiger partial charge < -0.3 is 4.98 Å². The van der Waals surface area contributed by atoms with Crippen molar-refractivity contribution in [2.75, 3.05) is 0 Å². The highest BCUT2D eigenvalue weighted by Gasteiger charge is 1.93. The SMILES string of the molecule is F.O=c1cc[nH]c(=O)n1F. The van der Waals surface area contributed by atoms with Crippen molar-refractivity contribution in [3.05, 3.63) is 33.1 Å². The van der Waals surface area contributed by atoms with Crippen LogP contribution in [0.5, 0.6) is 0 Å². The molecule has 4 nitrogen and oxygen atoms in total. The Kier molecular flexibility index (Phi) is 2.48. The Morgan fingerprint density at radius 2 is 2.10 bits per heavy atom. The van der Waals surface area contributed by atoms with Crippen LogP contribution in [0.3, 0.4) is 0 Å². The molecule has 0 radical (unpaired) electrons. The van der Waals surface area contributed by atoms with Crippen LogP contribution in [0.4, 0.5) is 9.19 Å². The van der Waals surface area contributed by atoms with Gasteiger partial charge in [-0.1, -0.05) is 9.27 Å². The van der Waals surface area contributed by atoms with Crippen molar-refractivity contribution in [1.82, 2.24) is 9.77 Å². The van der Waals surface area contributed by atoms with Crippen molar-refractivity contribution in [3.63, 3.8) is 0 Å². The first-order valence-corrected chi connectivity index (χ1v) is 2.19. The summed E-state index contributed by atoms with van der Waals surface area (Å²) in [7, 11) is 0. The highest BCUT2D eigenvalue weighted by molar-refractivity contribution is 4.79. The van der Waals surface area contributed by atoms with Crippen LogP contribution in [0.15, 0.2) is 21.9 Å². The summed E-state index contributed by atoms with van der Waals surface area (Å²) in [6.07, 6.45) is 1.08. The van der Waals surface area contributed by atoms with Gasteiger partial charge in [0.2, 0.25) is 0 Å². The van der Waals surface area contributed by atoms with Gasteiger partial charge in [-0.2, -0.15) is 0 Å². The fourth-order valence-corrected chi connectivity index (χ4v) is 0.406. The fraction of sp³-hybridized carbons (Fsp3) is 0. The van der Waals surface area contributed by atoms with E-state index in [0.29, 0.717) is 0 Å². The molecule has 56 valence electrons. The quantitative estimate of drug-likeness (QED) is 0.538. The number of hydrogen-bond acceptors (Lipinski definition) is 2. The summed E-state index contributed by atoms with van der Waals surface area (Å²) in [5.41, 5.74) is -2.01. The van der Waals surface area contributed by atoms with E-state index < -0.39 is 16.0 Å². The second-order valence-electron chi connectivity index (χ2n) is 1.40. The summed E-state index contributed by atoms with van der Waals surface area (Å²) in [4.78, 5) is 21.9. The van der Waals surface area contributed by atoms with Crippen molar-refractivity contribution in [1.29, 1.82) is 0 Å². The standard InChI is InChI=1S/C4H3FN2O2.FH/c5-7-3(8)1-2-6-4(7)9;/h1-2H,(H,6,9);1H. The minimum absolute atomic E-state index is 0. The normalized spacial score (nSPS) is 8.50. The molecule has 1 rings (SSSR count). The topological polar surface area (TPSA) is 54.9 Å². The second-order valence-corrected chi connectivity index (χ2v) is 1.40. The van der Waals surface area contributed by atoms with Gasteiger partial charge >= 0.3 is 5.69 Å². The maximum absolute atomic E-state index is 12.0. The number of aromatic amines is 1.